The molecular weight excluding hydrogens is 282 g/mol. The fourth-order valence-corrected chi connectivity index (χ4v) is 2.45. The van der Waals surface area contributed by atoms with Gasteiger partial charge in [-0.2, -0.15) is 11.8 Å². The molecule has 0 bridgehead atoms. The van der Waals surface area contributed by atoms with Crippen LogP contribution < -0.4 is 11.1 Å². The highest BCUT2D eigenvalue weighted by Crippen LogP contribution is 2.15. The van der Waals surface area contributed by atoms with Crippen LogP contribution in [0.4, 0.5) is 5.82 Å². The highest BCUT2D eigenvalue weighted by Gasteiger charge is 2.07. The Morgan fingerprint density at radius 3 is 2.67 bits per heavy atom. The molecule has 2 aromatic rings. The van der Waals surface area contributed by atoms with Crippen molar-refractivity contribution in [2.75, 3.05) is 11.1 Å². The monoisotopic (exact) mass is 301 g/mol. The molecule has 0 saturated carbocycles. The van der Waals surface area contributed by atoms with Gasteiger partial charge in [-0.05, 0) is 41.1 Å². The lowest BCUT2D eigenvalue weighted by atomic mass is 10.1. The van der Waals surface area contributed by atoms with E-state index in [1.54, 1.807) is 18.3 Å². The van der Waals surface area contributed by atoms with Gasteiger partial charge >= 0.3 is 0 Å². The molecule has 0 fully saturated rings. The van der Waals surface area contributed by atoms with Crippen molar-refractivity contribution >= 4 is 23.5 Å². The molecule has 0 atom stereocenters. The zero-order chi connectivity index (χ0) is 15.1. The summed E-state index contributed by atoms with van der Waals surface area (Å²) in [6, 6.07) is 11.1. The van der Waals surface area contributed by atoms with Crippen molar-refractivity contribution in [1.29, 1.82) is 0 Å². The summed E-state index contributed by atoms with van der Waals surface area (Å²) in [5.41, 5.74) is 8.30. The van der Waals surface area contributed by atoms with E-state index in [1.807, 2.05) is 36.0 Å². The fraction of sp³-hybridized carbons (Fsp3) is 0.250. The van der Waals surface area contributed by atoms with Crippen molar-refractivity contribution in [2.24, 2.45) is 5.73 Å². The number of hydrogen-bond donors (Lipinski definition) is 2. The molecule has 1 aromatic heterocycles. The maximum atomic E-state index is 12.2. The van der Waals surface area contributed by atoms with Crippen LogP contribution >= 0.6 is 11.8 Å². The third-order valence-electron chi connectivity index (χ3n) is 2.99. The van der Waals surface area contributed by atoms with Crippen LogP contribution in [0.3, 0.4) is 0 Å². The third-order valence-corrected chi connectivity index (χ3v) is 3.94. The van der Waals surface area contributed by atoms with Crippen molar-refractivity contribution in [3.63, 3.8) is 0 Å². The number of carbonyl (C=O) groups is 1. The normalized spacial score (nSPS) is 10.4. The number of anilines is 1. The number of carbonyl (C=O) groups excluding carboxylic acids is 1. The summed E-state index contributed by atoms with van der Waals surface area (Å²) >= 11 is 1.84. The molecule has 21 heavy (non-hydrogen) atoms. The molecule has 2 rings (SSSR count). The Kier molecular flexibility index (Phi) is 5.78. The maximum absolute atomic E-state index is 12.2. The van der Waals surface area contributed by atoms with E-state index in [1.165, 1.54) is 0 Å². The number of amides is 1. The van der Waals surface area contributed by atoms with E-state index >= 15 is 0 Å². The first-order valence-corrected chi connectivity index (χ1v) is 8.01. The highest BCUT2D eigenvalue weighted by molar-refractivity contribution is 7.98. The lowest BCUT2D eigenvalue weighted by Crippen LogP contribution is -2.13. The molecule has 1 amide bonds. The van der Waals surface area contributed by atoms with E-state index in [0.29, 0.717) is 17.9 Å². The van der Waals surface area contributed by atoms with Gasteiger partial charge in [0.15, 0.2) is 0 Å². The van der Waals surface area contributed by atoms with Gasteiger partial charge in [0.05, 0.1) is 0 Å². The Bertz CT molecular complexity index is 599. The van der Waals surface area contributed by atoms with Crippen molar-refractivity contribution in [1.82, 2.24) is 4.98 Å². The van der Waals surface area contributed by atoms with E-state index < -0.39 is 0 Å². The first-order chi connectivity index (χ1) is 10.2. The average molecular weight is 301 g/mol. The topological polar surface area (TPSA) is 68.0 Å². The standard InChI is InChI=1S/C16H19N3OS/c1-2-21-11-13-7-8-18-15(9-13)19-16(20)14-5-3-12(10-17)4-6-14/h3-9H,2,10-11,17H2,1H3,(H,18,19,20). The molecule has 4 nitrogen and oxygen atoms in total. The molecule has 1 heterocycles. The molecule has 0 aliphatic heterocycles. The van der Waals surface area contributed by atoms with Gasteiger partial charge in [-0.3, -0.25) is 4.79 Å². The molecule has 1 aromatic carbocycles. The molecule has 3 N–H and O–H groups in total. The highest BCUT2D eigenvalue weighted by atomic mass is 32.2. The Morgan fingerprint density at radius 2 is 2.00 bits per heavy atom. The van der Waals surface area contributed by atoms with E-state index in [4.69, 9.17) is 5.73 Å². The summed E-state index contributed by atoms with van der Waals surface area (Å²) < 4.78 is 0. The van der Waals surface area contributed by atoms with Crippen LogP contribution in [0.2, 0.25) is 0 Å². The molecular formula is C16H19N3OS. The minimum Gasteiger partial charge on any atom is -0.326 e. The van der Waals surface area contributed by atoms with Gasteiger partial charge in [-0.1, -0.05) is 19.1 Å². The van der Waals surface area contributed by atoms with Crippen molar-refractivity contribution < 1.29 is 4.79 Å². The van der Waals surface area contributed by atoms with E-state index in [0.717, 1.165) is 22.6 Å². The SMILES string of the molecule is CCSCc1ccnc(NC(=O)c2ccc(CN)cc2)c1. The minimum absolute atomic E-state index is 0.161. The third kappa shape index (κ3) is 4.58. The molecule has 0 aliphatic rings. The number of thioether (sulfide) groups is 1. The molecule has 5 heteroatoms. The van der Waals surface area contributed by atoms with Crippen LogP contribution in [0.25, 0.3) is 0 Å². The fourth-order valence-electron chi connectivity index (χ4n) is 1.83. The molecule has 0 aliphatic carbocycles. The molecule has 0 unspecified atom stereocenters. The van der Waals surface area contributed by atoms with E-state index in [9.17, 15) is 4.79 Å². The van der Waals surface area contributed by atoms with Crippen LogP contribution in [0, 0.1) is 0 Å². The number of rotatable bonds is 6. The first kappa shape index (κ1) is 15.5. The lowest BCUT2D eigenvalue weighted by molar-refractivity contribution is 0.102. The van der Waals surface area contributed by atoms with Crippen LogP contribution in [0.15, 0.2) is 42.6 Å². The van der Waals surface area contributed by atoms with Gasteiger partial charge in [0, 0.05) is 24.1 Å². The lowest BCUT2D eigenvalue weighted by Gasteiger charge is -2.07. The second-order valence-electron chi connectivity index (χ2n) is 4.54. The zero-order valence-electron chi connectivity index (χ0n) is 12.0. The van der Waals surface area contributed by atoms with Crippen LogP contribution in [0.5, 0.6) is 0 Å². The summed E-state index contributed by atoms with van der Waals surface area (Å²) in [6.07, 6.45) is 1.72. The van der Waals surface area contributed by atoms with E-state index in [2.05, 4.69) is 17.2 Å². The zero-order valence-corrected chi connectivity index (χ0v) is 12.8. The number of pyridine rings is 1. The quantitative estimate of drug-likeness (QED) is 0.860. The van der Waals surface area contributed by atoms with Gasteiger partial charge < -0.3 is 11.1 Å². The maximum Gasteiger partial charge on any atom is 0.256 e. The van der Waals surface area contributed by atoms with Crippen LogP contribution in [0.1, 0.15) is 28.4 Å². The van der Waals surface area contributed by atoms with Crippen molar-refractivity contribution in [3.05, 3.63) is 59.3 Å². The number of aromatic nitrogens is 1. The summed E-state index contributed by atoms with van der Waals surface area (Å²) in [5, 5.41) is 2.82. The van der Waals surface area contributed by atoms with Gasteiger partial charge in [-0.15, -0.1) is 0 Å². The summed E-state index contributed by atoms with van der Waals surface area (Å²) in [7, 11) is 0. The Balaban J connectivity index is 2.04. The van der Waals surface area contributed by atoms with E-state index in [-0.39, 0.29) is 5.91 Å². The Morgan fingerprint density at radius 1 is 1.24 bits per heavy atom. The molecule has 0 spiro atoms. The number of nitrogens with zero attached hydrogens (tertiary/aromatic N) is 1. The largest absolute Gasteiger partial charge is 0.326 e. The molecule has 110 valence electrons. The number of nitrogens with two attached hydrogens (primary N) is 1. The number of hydrogen-bond acceptors (Lipinski definition) is 4. The van der Waals surface area contributed by atoms with Gasteiger partial charge in [0.1, 0.15) is 5.82 Å². The number of nitrogens with one attached hydrogen (secondary N) is 1. The second-order valence-corrected chi connectivity index (χ2v) is 5.82. The summed E-state index contributed by atoms with van der Waals surface area (Å²) in [6.45, 7) is 2.60. The average Bonchev–Trinajstić information content (AvgIpc) is 2.53. The van der Waals surface area contributed by atoms with Gasteiger partial charge in [-0.25, -0.2) is 4.98 Å². The molecule has 0 saturated heterocycles. The summed E-state index contributed by atoms with van der Waals surface area (Å²) in [5.74, 6) is 2.41. The minimum atomic E-state index is -0.161. The summed E-state index contributed by atoms with van der Waals surface area (Å²) in [4.78, 5) is 16.3. The predicted molar refractivity (Wildman–Crippen MR) is 88.4 cm³/mol. The van der Waals surface area contributed by atoms with Crippen molar-refractivity contribution in [2.45, 2.75) is 19.2 Å². The number of benzene rings is 1. The van der Waals surface area contributed by atoms with Crippen molar-refractivity contribution in [3.8, 4) is 0 Å². The smallest absolute Gasteiger partial charge is 0.256 e. The predicted octanol–water partition coefficient (Wildman–Crippen LogP) is 3.05. The second kappa shape index (κ2) is 7.81. The van der Waals surface area contributed by atoms with Gasteiger partial charge in [0.25, 0.3) is 5.91 Å². The van der Waals surface area contributed by atoms with Crippen LogP contribution in [-0.2, 0) is 12.3 Å². The Hall–Kier alpha value is -1.85. The van der Waals surface area contributed by atoms with Gasteiger partial charge in [0.2, 0.25) is 0 Å². The Labute approximate surface area is 129 Å². The van der Waals surface area contributed by atoms with Crippen LogP contribution in [-0.4, -0.2) is 16.6 Å². The first-order valence-electron chi connectivity index (χ1n) is 6.86. The molecule has 0 radical (unpaired) electrons.